The van der Waals surface area contributed by atoms with Crippen LogP contribution in [0.1, 0.15) is 34.4 Å². The average molecular weight is 379 g/mol. The van der Waals surface area contributed by atoms with Crippen molar-refractivity contribution in [3.8, 4) is 11.6 Å². The fourth-order valence-electron chi connectivity index (χ4n) is 2.87. The number of thiophene rings is 1. The molecule has 10 heteroatoms. The van der Waals surface area contributed by atoms with Crippen LogP contribution in [0.3, 0.4) is 0 Å². The van der Waals surface area contributed by atoms with Gasteiger partial charge in [-0.3, -0.25) is 4.79 Å². The van der Waals surface area contributed by atoms with E-state index in [0.29, 0.717) is 39.7 Å². The van der Waals surface area contributed by atoms with E-state index in [4.69, 9.17) is 16.1 Å². The Balaban J connectivity index is 1.40. The van der Waals surface area contributed by atoms with Crippen molar-refractivity contribution in [2.45, 2.75) is 25.8 Å². The molecular weight excluding hydrogens is 364 g/mol. The summed E-state index contributed by atoms with van der Waals surface area (Å²) in [6.45, 7) is 3.10. The van der Waals surface area contributed by atoms with Crippen molar-refractivity contribution >= 4 is 28.8 Å². The van der Waals surface area contributed by atoms with E-state index in [1.807, 2.05) is 15.8 Å². The van der Waals surface area contributed by atoms with Gasteiger partial charge in [0, 0.05) is 13.1 Å². The Morgan fingerprint density at radius 2 is 2.16 bits per heavy atom. The highest BCUT2D eigenvalue weighted by Crippen LogP contribution is 2.27. The molecule has 3 aromatic heterocycles. The van der Waals surface area contributed by atoms with Crippen LogP contribution in [0.5, 0.6) is 0 Å². The molecule has 130 valence electrons. The first kappa shape index (κ1) is 16.2. The molecule has 0 bridgehead atoms. The lowest BCUT2D eigenvalue weighted by molar-refractivity contribution is 0.0694. The third-order valence-corrected chi connectivity index (χ3v) is 5.39. The van der Waals surface area contributed by atoms with Gasteiger partial charge in [0.05, 0.1) is 21.5 Å². The number of likely N-dealkylation sites (tertiary alicyclic amines) is 1. The van der Waals surface area contributed by atoms with Gasteiger partial charge < -0.3 is 9.42 Å². The van der Waals surface area contributed by atoms with E-state index < -0.39 is 0 Å². The minimum absolute atomic E-state index is 0.0379. The number of carbonyl (C=O) groups is 1. The van der Waals surface area contributed by atoms with E-state index in [-0.39, 0.29) is 11.9 Å². The van der Waals surface area contributed by atoms with Crippen LogP contribution in [0.2, 0.25) is 4.34 Å². The minimum Gasteiger partial charge on any atom is -0.338 e. The van der Waals surface area contributed by atoms with Crippen molar-refractivity contribution in [3.05, 3.63) is 33.4 Å². The predicted molar refractivity (Wildman–Crippen MR) is 91.6 cm³/mol. The number of hydrogen-bond donors (Lipinski definition) is 0. The molecule has 0 aromatic carbocycles. The number of hydrogen-bond acceptors (Lipinski definition) is 7. The Morgan fingerprint density at radius 1 is 1.36 bits per heavy atom. The number of aryl methyl sites for hydroxylation is 1. The van der Waals surface area contributed by atoms with Crippen molar-refractivity contribution in [3.63, 3.8) is 0 Å². The van der Waals surface area contributed by atoms with E-state index in [1.165, 1.54) is 11.3 Å². The van der Waals surface area contributed by atoms with Gasteiger partial charge >= 0.3 is 0 Å². The molecule has 0 N–H and O–H groups in total. The van der Waals surface area contributed by atoms with Crippen LogP contribution in [0.25, 0.3) is 11.6 Å². The van der Waals surface area contributed by atoms with E-state index in [1.54, 1.807) is 19.1 Å². The maximum atomic E-state index is 12.5. The van der Waals surface area contributed by atoms with Crippen molar-refractivity contribution in [2.24, 2.45) is 0 Å². The van der Waals surface area contributed by atoms with Gasteiger partial charge in [-0.15, -0.1) is 16.4 Å². The second-order valence-electron chi connectivity index (χ2n) is 5.86. The van der Waals surface area contributed by atoms with Gasteiger partial charge in [0.15, 0.2) is 11.5 Å². The molecule has 4 rings (SSSR count). The standard InChI is InChI=1S/C15H15ClN6O2S/c1-9-17-14(24-19-9)11-8-22(20-18-11)10-4-6-21(7-5-10)15(23)12-2-3-13(16)25-12/h2-3,8,10H,4-7H2,1H3. The number of halogens is 1. The highest BCUT2D eigenvalue weighted by atomic mass is 35.5. The molecule has 1 fully saturated rings. The second kappa shape index (κ2) is 6.57. The number of nitrogens with zero attached hydrogens (tertiary/aromatic N) is 6. The predicted octanol–water partition coefficient (Wildman–Crippen LogP) is 2.83. The summed E-state index contributed by atoms with van der Waals surface area (Å²) < 4.78 is 7.56. The highest BCUT2D eigenvalue weighted by molar-refractivity contribution is 7.17. The number of amides is 1. The lowest BCUT2D eigenvalue weighted by Gasteiger charge is -2.31. The summed E-state index contributed by atoms with van der Waals surface area (Å²) >= 11 is 7.23. The van der Waals surface area contributed by atoms with Gasteiger partial charge in [0.2, 0.25) is 0 Å². The third-order valence-electron chi connectivity index (χ3n) is 4.17. The smallest absolute Gasteiger partial charge is 0.280 e. The first-order chi connectivity index (χ1) is 12.1. The summed E-state index contributed by atoms with van der Waals surface area (Å²) in [5, 5.41) is 12.0. The highest BCUT2D eigenvalue weighted by Gasteiger charge is 2.26. The van der Waals surface area contributed by atoms with Gasteiger partial charge in [0.1, 0.15) is 0 Å². The lowest BCUT2D eigenvalue weighted by Crippen LogP contribution is -2.38. The van der Waals surface area contributed by atoms with Crippen LogP contribution >= 0.6 is 22.9 Å². The molecule has 0 spiro atoms. The van der Waals surface area contributed by atoms with Crippen molar-refractivity contribution < 1.29 is 9.32 Å². The zero-order valence-electron chi connectivity index (χ0n) is 13.4. The monoisotopic (exact) mass is 378 g/mol. The summed E-state index contributed by atoms with van der Waals surface area (Å²) in [6.07, 6.45) is 3.45. The normalized spacial score (nSPS) is 15.7. The fourth-order valence-corrected chi connectivity index (χ4v) is 3.88. The van der Waals surface area contributed by atoms with Gasteiger partial charge in [-0.1, -0.05) is 22.0 Å². The van der Waals surface area contributed by atoms with Crippen molar-refractivity contribution in [1.29, 1.82) is 0 Å². The van der Waals surface area contributed by atoms with Crippen LogP contribution in [-0.4, -0.2) is 49.0 Å². The Hall–Kier alpha value is -2.26. The summed E-state index contributed by atoms with van der Waals surface area (Å²) in [7, 11) is 0. The molecule has 1 saturated heterocycles. The number of aromatic nitrogens is 5. The number of rotatable bonds is 3. The zero-order chi connectivity index (χ0) is 17.4. The van der Waals surface area contributed by atoms with Gasteiger partial charge in [0.25, 0.3) is 11.8 Å². The maximum absolute atomic E-state index is 12.5. The molecule has 0 unspecified atom stereocenters. The van der Waals surface area contributed by atoms with Crippen LogP contribution < -0.4 is 0 Å². The summed E-state index contributed by atoms with van der Waals surface area (Å²) in [4.78, 5) is 19.2. The topological polar surface area (TPSA) is 89.9 Å². The van der Waals surface area contributed by atoms with E-state index in [9.17, 15) is 4.79 Å². The SMILES string of the molecule is Cc1noc(-c2cn(C3CCN(C(=O)c4ccc(Cl)s4)CC3)nn2)n1. The van der Waals surface area contributed by atoms with Crippen molar-refractivity contribution in [1.82, 2.24) is 30.0 Å². The second-order valence-corrected chi connectivity index (χ2v) is 7.57. The fraction of sp³-hybridized carbons (Fsp3) is 0.400. The molecule has 0 atom stereocenters. The Morgan fingerprint density at radius 3 is 2.80 bits per heavy atom. The Bertz CT molecular complexity index is 895. The molecule has 0 radical (unpaired) electrons. The Kier molecular flexibility index (Phi) is 4.26. The largest absolute Gasteiger partial charge is 0.338 e. The molecule has 25 heavy (non-hydrogen) atoms. The molecule has 1 amide bonds. The Labute approximate surface area is 152 Å². The van der Waals surface area contributed by atoms with Crippen LogP contribution in [0.4, 0.5) is 0 Å². The van der Waals surface area contributed by atoms with Gasteiger partial charge in [-0.25, -0.2) is 4.68 Å². The van der Waals surface area contributed by atoms with Crippen molar-refractivity contribution in [2.75, 3.05) is 13.1 Å². The first-order valence-electron chi connectivity index (χ1n) is 7.87. The average Bonchev–Trinajstić information content (AvgIpc) is 3.35. The van der Waals surface area contributed by atoms with Crippen LogP contribution in [0.15, 0.2) is 22.9 Å². The zero-order valence-corrected chi connectivity index (χ0v) is 15.0. The summed E-state index contributed by atoms with van der Waals surface area (Å²) in [5.41, 5.74) is 0.562. The molecule has 1 aliphatic heterocycles. The quantitative estimate of drug-likeness (QED) is 0.696. The van der Waals surface area contributed by atoms with E-state index in [2.05, 4.69) is 20.5 Å². The van der Waals surface area contributed by atoms with E-state index >= 15 is 0 Å². The van der Waals surface area contributed by atoms with E-state index in [0.717, 1.165) is 12.8 Å². The van der Waals surface area contributed by atoms with Crippen LogP contribution in [0, 0.1) is 6.92 Å². The molecule has 0 aliphatic carbocycles. The summed E-state index contributed by atoms with van der Waals surface area (Å²) in [6, 6.07) is 3.72. The molecule has 4 heterocycles. The third kappa shape index (κ3) is 3.29. The molecule has 8 nitrogen and oxygen atoms in total. The van der Waals surface area contributed by atoms with Gasteiger partial charge in [-0.05, 0) is 31.9 Å². The molecule has 0 saturated carbocycles. The minimum atomic E-state index is 0.0379. The van der Waals surface area contributed by atoms with Crippen LogP contribution in [-0.2, 0) is 0 Å². The number of carbonyl (C=O) groups excluding carboxylic acids is 1. The molecule has 3 aromatic rings. The van der Waals surface area contributed by atoms with Gasteiger partial charge in [-0.2, -0.15) is 4.98 Å². The lowest BCUT2D eigenvalue weighted by atomic mass is 10.1. The maximum Gasteiger partial charge on any atom is 0.280 e. The first-order valence-corrected chi connectivity index (χ1v) is 9.07. The number of piperidine rings is 1. The summed E-state index contributed by atoms with van der Waals surface area (Å²) in [5.74, 6) is 0.965. The molecule has 1 aliphatic rings. The molecular formula is C15H15ClN6O2S.